The molecular weight excluding hydrogens is 426 g/mol. The van der Waals surface area contributed by atoms with Crippen molar-refractivity contribution in [2.75, 3.05) is 20.8 Å². The molecule has 0 aromatic heterocycles. The Morgan fingerprint density at radius 1 is 1.45 bits per heavy atom. The maximum absolute atomic E-state index is 11.8. The molecule has 2 aliphatic heterocycles. The molecule has 0 radical (unpaired) electrons. The van der Waals surface area contributed by atoms with Crippen LogP contribution in [0.3, 0.4) is 0 Å². The van der Waals surface area contributed by atoms with E-state index in [1.807, 2.05) is 0 Å². The number of aliphatic hydroxyl groups excluding tert-OH is 1. The second-order valence-corrected chi connectivity index (χ2v) is 7.78. The molecule has 1 aromatic rings. The number of rotatable bonds is 8. The van der Waals surface area contributed by atoms with Crippen LogP contribution in [-0.4, -0.2) is 60.0 Å². The highest BCUT2D eigenvalue weighted by Gasteiger charge is 2.38. The zero-order valence-electron chi connectivity index (χ0n) is 17.8. The van der Waals surface area contributed by atoms with Gasteiger partial charge in [0.1, 0.15) is 23.9 Å². The number of aliphatic hydroxyl groups is 1. The Labute approximate surface area is 185 Å². The minimum atomic E-state index is -1.21. The SMILES string of the molecule is COCCC(C(=O)O)N1C=C(OC)C(c2cc(Cl)ccc2C2(C)N=C(C)NO2)=CC1O. The fourth-order valence-corrected chi connectivity index (χ4v) is 3.86. The molecule has 10 heteroatoms. The van der Waals surface area contributed by atoms with Crippen molar-refractivity contribution in [1.29, 1.82) is 0 Å². The molecule has 168 valence electrons. The number of nitrogens with one attached hydrogen (secondary N) is 1. The number of aliphatic carboxylic acids is 1. The van der Waals surface area contributed by atoms with Crippen LogP contribution in [0, 0.1) is 0 Å². The molecule has 9 nitrogen and oxygen atoms in total. The Morgan fingerprint density at radius 3 is 2.77 bits per heavy atom. The normalized spacial score (nSPS) is 24.1. The first-order chi connectivity index (χ1) is 14.7. The first-order valence-corrected chi connectivity index (χ1v) is 10.0. The van der Waals surface area contributed by atoms with Gasteiger partial charge in [0.05, 0.1) is 7.11 Å². The zero-order chi connectivity index (χ0) is 22.8. The summed E-state index contributed by atoms with van der Waals surface area (Å²) < 4.78 is 10.6. The van der Waals surface area contributed by atoms with E-state index in [1.165, 1.54) is 31.4 Å². The molecule has 3 unspecified atom stereocenters. The van der Waals surface area contributed by atoms with Crippen LogP contribution >= 0.6 is 11.6 Å². The van der Waals surface area contributed by atoms with Crippen LogP contribution in [0.2, 0.25) is 5.02 Å². The van der Waals surface area contributed by atoms with Crippen LogP contribution in [0.25, 0.3) is 5.57 Å². The number of allylic oxidation sites excluding steroid dienone is 1. The van der Waals surface area contributed by atoms with Crippen molar-refractivity contribution in [1.82, 2.24) is 10.4 Å². The van der Waals surface area contributed by atoms with Crippen molar-refractivity contribution in [3.8, 4) is 0 Å². The van der Waals surface area contributed by atoms with E-state index in [-0.39, 0.29) is 13.0 Å². The predicted octanol–water partition coefficient (Wildman–Crippen LogP) is 2.46. The summed E-state index contributed by atoms with van der Waals surface area (Å²) in [6.07, 6.45) is 2.00. The van der Waals surface area contributed by atoms with Crippen molar-refractivity contribution in [2.24, 2.45) is 4.99 Å². The molecule has 0 amide bonds. The van der Waals surface area contributed by atoms with Crippen LogP contribution in [0.15, 0.2) is 41.2 Å². The molecule has 3 N–H and O–H groups in total. The molecule has 2 heterocycles. The minimum absolute atomic E-state index is 0.188. The number of hydrogen-bond acceptors (Lipinski definition) is 8. The van der Waals surface area contributed by atoms with Crippen molar-refractivity contribution in [3.05, 3.63) is 52.4 Å². The Bertz CT molecular complexity index is 947. The highest BCUT2D eigenvalue weighted by atomic mass is 35.5. The lowest BCUT2D eigenvalue weighted by Crippen LogP contribution is -2.45. The lowest BCUT2D eigenvalue weighted by molar-refractivity contribution is -0.145. The quantitative estimate of drug-likeness (QED) is 0.552. The van der Waals surface area contributed by atoms with Gasteiger partial charge in [-0.25, -0.2) is 14.6 Å². The summed E-state index contributed by atoms with van der Waals surface area (Å²) in [5.74, 6) is -0.0872. The number of amidine groups is 1. The standard InChI is InChI=1S/C21H26ClN3O6/c1-12-23-21(2,31-24-12)16-6-5-13(22)9-14(16)15-10-19(26)25(11-18(15)30-4)17(20(27)28)7-8-29-3/h5-6,9-11,17,19,26H,7-8H2,1-4H3,(H,23,24)(H,27,28). The Balaban J connectivity index is 2.06. The van der Waals surface area contributed by atoms with Crippen LogP contribution in [0.1, 0.15) is 31.4 Å². The number of hydrogen-bond donors (Lipinski definition) is 3. The van der Waals surface area contributed by atoms with Crippen LogP contribution in [-0.2, 0) is 24.8 Å². The third kappa shape index (κ3) is 4.69. The number of nitrogens with zero attached hydrogens (tertiary/aromatic N) is 2. The van der Waals surface area contributed by atoms with E-state index in [4.69, 9.17) is 25.9 Å². The van der Waals surface area contributed by atoms with E-state index < -0.39 is 24.0 Å². The van der Waals surface area contributed by atoms with E-state index in [0.717, 1.165) is 0 Å². The van der Waals surface area contributed by atoms with Gasteiger partial charge in [-0.1, -0.05) is 17.7 Å². The molecule has 31 heavy (non-hydrogen) atoms. The zero-order valence-corrected chi connectivity index (χ0v) is 18.5. The van der Waals surface area contributed by atoms with Crippen molar-refractivity contribution >= 4 is 29.0 Å². The maximum Gasteiger partial charge on any atom is 0.326 e. The number of halogens is 1. The summed E-state index contributed by atoms with van der Waals surface area (Å²) in [5, 5.41) is 20.9. The fourth-order valence-electron chi connectivity index (χ4n) is 3.69. The number of carbonyl (C=O) groups is 1. The van der Waals surface area contributed by atoms with Crippen molar-refractivity contribution < 1.29 is 29.3 Å². The Kier molecular flexibility index (Phi) is 6.90. The van der Waals surface area contributed by atoms with E-state index >= 15 is 0 Å². The number of hydroxylamine groups is 1. The van der Waals surface area contributed by atoms with Crippen LogP contribution < -0.4 is 5.48 Å². The number of benzene rings is 1. The molecule has 0 fully saturated rings. The average molecular weight is 452 g/mol. The molecule has 0 aliphatic carbocycles. The van der Waals surface area contributed by atoms with E-state index in [2.05, 4.69) is 10.5 Å². The Morgan fingerprint density at radius 2 is 2.19 bits per heavy atom. The highest BCUT2D eigenvalue weighted by Crippen LogP contribution is 2.40. The number of aliphatic imine (C=N–C) groups is 1. The molecule has 3 rings (SSSR count). The molecule has 0 saturated carbocycles. The number of carboxylic acids is 1. The number of ether oxygens (including phenoxy) is 2. The molecular formula is C21H26ClN3O6. The summed E-state index contributed by atoms with van der Waals surface area (Å²) in [6, 6.07) is 4.26. The summed E-state index contributed by atoms with van der Waals surface area (Å²) >= 11 is 6.28. The van der Waals surface area contributed by atoms with Gasteiger partial charge in [-0.3, -0.25) is 5.48 Å². The van der Waals surface area contributed by atoms with Gasteiger partial charge in [-0.2, -0.15) is 0 Å². The molecule has 3 atom stereocenters. The van der Waals surface area contributed by atoms with Gasteiger partial charge in [-0.15, -0.1) is 0 Å². The van der Waals surface area contributed by atoms with Crippen molar-refractivity contribution in [3.63, 3.8) is 0 Å². The fraction of sp³-hybridized carbons (Fsp3) is 0.429. The third-order valence-electron chi connectivity index (χ3n) is 5.16. The molecule has 0 saturated heterocycles. The average Bonchev–Trinajstić information content (AvgIpc) is 3.08. The Hall–Kier alpha value is -2.59. The maximum atomic E-state index is 11.8. The number of methoxy groups -OCH3 is 2. The van der Waals surface area contributed by atoms with Gasteiger partial charge in [0.25, 0.3) is 0 Å². The summed E-state index contributed by atoms with van der Waals surface area (Å²) in [4.78, 5) is 23.3. The van der Waals surface area contributed by atoms with Gasteiger partial charge in [0.2, 0.25) is 5.72 Å². The lowest BCUT2D eigenvalue weighted by Gasteiger charge is -2.35. The number of carboxylic acid groups (broad SMARTS) is 1. The van der Waals surface area contributed by atoms with Gasteiger partial charge < -0.3 is 24.6 Å². The van der Waals surface area contributed by atoms with Gasteiger partial charge in [-0.05, 0) is 37.6 Å². The summed E-state index contributed by atoms with van der Waals surface area (Å²) in [6.45, 7) is 3.82. The van der Waals surface area contributed by atoms with Crippen LogP contribution in [0.4, 0.5) is 0 Å². The highest BCUT2D eigenvalue weighted by molar-refractivity contribution is 6.30. The predicted molar refractivity (Wildman–Crippen MR) is 115 cm³/mol. The summed E-state index contributed by atoms with van der Waals surface area (Å²) in [5.41, 5.74) is 3.63. The first-order valence-electron chi connectivity index (χ1n) is 9.66. The second-order valence-electron chi connectivity index (χ2n) is 7.35. The minimum Gasteiger partial charge on any atom is -0.495 e. The van der Waals surface area contributed by atoms with Gasteiger partial charge in [0, 0.05) is 42.5 Å². The largest absolute Gasteiger partial charge is 0.495 e. The molecule has 0 spiro atoms. The third-order valence-corrected chi connectivity index (χ3v) is 5.40. The first kappa shape index (κ1) is 23.1. The van der Waals surface area contributed by atoms with Gasteiger partial charge >= 0.3 is 5.97 Å². The molecule has 1 aromatic carbocycles. The van der Waals surface area contributed by atoms with Crippen LogP contribution in [0.5, 0.6) is 0 Å². The summed E-state index contributed by atoms with van der Waals surface area (Å²) in [7, 11) is 2.97. The molecule has 0 bridgehead atoms. The second kappa shape index (κ2) is 9.27. The van der Waals surface area contributed by atoms with Crippen molar-refractivity contribution in [2.45, 2.75) is 38.3 Å². The van der Waals surface area contributed by atoms with E-state index in [9.17, 15) is 15.0 Å². The smallest absolute Gasteiger partial charge is 0.326 e. The monoisotopic (exact) mass is 451 g/mol. The lowest BCUT2D eigenvalue weighted by atomic mass is 9.91. The van der Waals surface area contributed by atoms with E-state index in [1.54, 1.807) is 32.0 Å². The molecule has 2 aliphatic rings. The van der Waals surface area contributed by atoms with Gasteiger partial charge in [0.15, 0.2) is 0 Å². The van der Waals surface area contributed by atoms with E-state index in [0.29, 0.717) is 33.3 Å². The topological polar surface area (TPSA) is 113 Å².